The van der Waals surface area contributed by atoms with Crippen molar-refractivity contribution in [3.05, 3.63) is 0 Å². The van der Waals surface area contributed by atoms with Gasteiger partial charge in [0.25, 0.3) is 0 Å². The van der Waals surface area contributed by atoms with E-state index in [1.54, 1.807) is 0 Å². The molecule has 0 atom stereocenters. The van der Waals surface area contributed by atoms with Gasteiger partial charge in [-0.3, -0.25) is 9.59 Å². The molecule has 1 amide bonds. The number of carboxylic acids is 1. The molecule has 0 aliphatic rings. The number of aliphatic carboxylic acids is 1. The van der Waals surface area contributed by atoms with Crippen LogP contribution in [-0.2, 0) is 9.59 Å². The van der Waals surface area contributed by atoms with Crippen LogP contribution < -0.4 is 5.73 Å². The lowest BCUT2D eigenvalue weighted by Gasteiger charge is -2.19. The van der Waals surface area contributed by atoms with Gasteiger partial charge in [0.2, 0.25) is 5.91 Å². The molecular formula is C9H19BrN2O3. The fourth-order valence-corrected chi connectivity index (χ4v) is 1.25. The predicted molar refractivity (Wildman–Crippen MR) is 63.0 cm³/mol. The molecule has 6 heteroatoms. The average Bonchev–Trinajstić information content (AvgIpc) is 2.25. The lowest BCUT2D eigenvalue weighted by molar-refractivity contribution is -0.138. The molecular weight excluding hydrogens is 264 g/mol. The minimum atomic E-state index is -0.913. The fourth-order valence-electron chi connectivity index (χ4n) is 0.823. The summed E-state index contributed by atoms with van der Waals surface area (Å²) in [6.45, 7) is 4.63. The summed E-state index contributed by atoms with van der Waals surface area (Å²) >= 11 is 3.17. The van der Waals surface area contributed by atoms with Crippen molar-refractivity contribution >= 4 is 27.8 Å². The Bertz CT molecular complexity index is 188. The molecule has 0 saturated heterocycles. The topological polar surface area (TPSA) is 83.6 Å². The number of rotatable bonds is 6. The van der Waals surface area contributed by atoms with E-state index >= 15 is 0 Å². The van der Waals surface area contributed by atoms with Crippen LogP contribution in [0.25, 0.3) is 0 Å². The molecule has 0 aromatic heterocycles. The molecule has 0 rings (SSSR count). The Kier molecular flexibility index (Phi) is 12.8. The molecule has 0 radical (unpaired) electrons. The standard InChI is InChI=1S/C7H13BrN2O3.C2H6/c8-2-4-10(6(11)5-9)3-1-7(12)13;1-2/h1-5,9H2,(H,12,13);1-2H3. The summed E-state index contributed by atoms with van der Waals surface area (Å²) in [5.41, 5.74) is 5.16. The van der Waals surface area contributed by atoms with E-state index in [1.165, 1.54) is 4.90 Å². The molecule has 0 bridgehead atoms. The third-order valence-electron chi connectivity index (χ3n) is 1.48. The first-order chi connectivity index (χ1) is 7.11. The largest absolute Gasteiger partial charge is 0.481 e. The highest BCUT2D eigenvalue weighted by Crippen LogP contribution is 1.94. The minimum absolute atomic E-state index is 0.0429. The van der Waals surface area contributed by atoms with Crippen molar-refractivity contribution < 1.29 is 14.7 Å². The molecule has 90 valence electrons. The van der Waals surface area contributed by atoms with E-state index in [9.17, 15) is 9.59 Å². The minimum Gasteiger partial charge on any atom is -0.481 e. The Balaban J connectivity index is 0. The van der Waals surface area contributed by atoms with Crippen LogP contribution in [0.2, 0.25) is 0 Å². The summed E-state index contributed by atoms with van der Waals surface area (Å²) in [7, 11) is 0. The van der Waals surface area contributed by atoms with E-state index in [0.29, 0.717) is 11.9 Å². The molecule has 0 heterocycles. The van der Waals surface area contributed by atoms with Gasteiger partial charge < -0.3 is 15.7 Å². The van der Waals surface area contributed by atoms with E-state index in [4.69, 9.17) is 10.8 Å². The summed E-state index contributed by atoms with van der Waals surface area (Å²) < 4.78 is 0. The number of hydrogen-bond donors (Lipinski definition) is 2. The average molecular weight is 283 g/mol. The summed E-state index contributed by atoms with van der Waals surface area (Å²) in [5.74, 6) is -1.13. The Morgan fingerprint density at radius 2 is 1.87 bits per heavy atom. The van der Waals surface area contributed by atoms with Gasteiger partial charge >= 0.3 is 5.97 Å². The van der Waals surface area contributed by atoms with Crippen LogP contribution >= 0.6 is 15.9 Å². The summed E-state index contributed by atoms with van der Waals surface area (Å²) in [4.78, 5) is 22.8. The maximum Gasteiger partial charge on any atom is 0.305 e. The van der Waals surface area contributed by atoms with Gasteiger partial charge in [0, 0.05) is 18.4 Å². The van der Waals surface area contributed by atoms with Crippen molar-refractivity contribution in [1.82, 2.24) is 4.90 Å². The second kappa shape index (κ2) is 11.5. The van der Waals surface area contributed by atoms with Gasteiger partial charge in [0.1, 0.15) is 0 Å². The summed E-state index contributed by atoms with van der Waals surface area (Å²) in [5, 5.41) is 9.03. The maximum absolute atomic E-state index is 11.1. The second-order valence-electron chi connectivity index (χ2n) is 2.42. The maximum atomic E-state index is 11.1. The number of carbonyl (C=O) groups excluding carboxylic acids is 1. The van der Waals surface area contributed by atoms with Gasteiger partial charge in [-0.1, -0.05) is 29.8 Å². The normalized spacial score (nSPS) is 8.80. The van der Waals surface area contributed by atoms with Crippen LogP contribution in [0.1, 0.15) is 20.3 Å². The highest BCUT2D eigenvalue weighted by atomic mass is 79.9. The van der Waals surface area contributed by atoms with Crippen LogP contribution in [0.15, 0.2) is 0 Å². The highest BCUT2D eigenvalue weighted by Gasteiger charge is 2.11. The first-order valence-corrected chi connectivity index (χ1v) is 5.99. The lowest BCUT2D eigenvalue weighted by Crippen LogP contribution is -2.38. The van der Waals surface area contributed by atoms with Crippen molar-refractivity contribution in [1.29, 1.82) is 0 Å². The number of alkyl halides is 1. The highest BCUT2D eigenvalue weighted by molar-refractivity contribution is 9.09. The molecule has 0 aromatic carbocycles. The number of carboxylic acid groups (broad SMARTS) is 1. The van der Waals surface area contributed by atoms with Crippen molar-refractivity contribution in [3.63, 3.8) is 0 Å². The van der Waals surface area contributed by atoms with Gasteiger partial charge in [0.05, 0.1) is 13.0 Å². The number of halogens is 1. The van der Waals surface area contributed by atoms with Gasteiger partial charge in [-0.15, -0.1) is 0 Å². The number of nitrogens with two attached hydrogens (primary N) is 1. The lowest BCUT2D eigenvalue weighted by atomic mass is 10.3. The molecule has 0 aliphatic carbocycles. The predicted octanol–water partition coefficient (Wildman–Crippen LogP) is 0.669. The zero-order valence-corrected chi connectivity index (χ0v) is 10.8. The monoisotopic (exact) mass is 282 g/mol. The summed E-state index contributed by atoms with van der Waals surface area (Å²) in [6, 6.07) is 0. The Hall–Kier alpha value is -0.620. The number of amides is 1. The molecule has 5 nitrogen and oxygen atoms in total. The van der Waals surface area contributed by atoms with Crippen LogP contribution in [0.3, 0.4) is 0 Å². The molecule has 0 unspecified atom stereocenters. The third-order valence-corrected chi connectivity index (χ3v) is 1.83. The van der Waals surface area contributed by atoms with E-state index < -0.39 is 5.97 Å². The Morgan fingerprint density at radius 1 is 1.33 bits per heavy atom. The van der Waals surface area contributed by atoms with Gasteiger partial charge in [-0.2, -0.15) is 0 Å². The fraction of sp³-hybridized carbons (Fsp3) is 0.778. The Morgan fingerprint density at radius 3 is 2.20 bits per heavy atom. The molecule has 0 saturated carbocycles. The molecule has 0 aliphatic heterocycles. The van der Waals surface area contributed by atoms with Crippen molar-refractivity contribution in [3.8, 4) is 0 Å². The van der Waals surface area contributed by atoms with Crippen molar-refractivity contribution in [2.45, 2.75) is 20.3 Å². The number of hydrogen-bond acceptors (Lipinski definition) is 3. The van der Waals surface area contributed by atoms with E-state index in [0.717, 1.165) is 0 Å². The quantitative estimate of drug-likeness (QED) is 0.702. The zero-order valence-electron chi connectivity index (χ0n) is 9.20. The van der Waals surface area contributed by atoms with Gasteiger partial charge in [0.15, 0.2) is 0 Å². The number of nitrogens with zero attached hydrogens (tertiary/aromatic N) is 1. The summed E-state index contributed by atoms with van der Waals surface area (Å²) in [6.07, 6.45) is -0.0429. The van der Waals surface area contributed by atoms with E-state index in [2.05, 4.69) is 15.9 Å². The van der Waals surface area contributed by atoms with E-state index in [1.807, 2.05) is 13.8 Å². The van der Waals surface area contributed by atoms with Crippen molar-refractivity contribution in [2.75, 3.05) is 25.0 Å². The van der Waals surface area contributed by atoms with Crippen molar-refractivity contribution in [2.24, 2.45) is 5.73 Å². The molecule has 15 heavy (non-hydrogen) atoms. The van der Waals surface area contributed by atoms with Gasteiger partial charge in [-0.25, -0.2) is 0 Å². The van der Waals surface area contributed by atoms with Crippen LogP contribution in [0.5, 0.6) is 0 Å². The first-order valence-electron chi connectivity index (χ1n) is 4.87. The number of carbonyl (C=O) groups is 2. The molecule has 3 N–H and O–H groups in total. The van der Waals surface area contributed by atoms with Crippen LogP contribution in [-0.4, -0.2) is 46.8 Å². The van der Waals surface area contributed by atoms with Crippen LogP contribution in [0.4, 0.5) is 0 Å². The molecule has 0 fully saturated rings. The SMILES string of the molecule is CC.NCC(=O)N(CCBr)CCC(=O)O. The molecule has 0 spiro atoms. The zero-order chi connectivity index (χ0) is 12.3. The Labute approximate surface area is 98.7 Å². The third kappa shape index (κ3) is 9.68. The second-order valence-corrected chi connectivity index (χ2v) is 3.21. The van der Waals surface area contributed by atoms with Crippen LogP contribution in [0, 0.1) is 0 Å². The van der Waals surface area contributed by atoms with E-state index in [-0.39, 0.29) is 25.4 Å². The van der Waals surface area contributed by atoms with Gasteiger partial charge in [-0.05, 0) is 0 Å². The smallest absolute Gasteiger partial charge is 0.305 e. The first kappa shape index (κ1) is 16.8. The molecule has 0 aromatic rings.